The van der Waals surface area contributed by atoms with Crippen LogP contribution in [0.1, 0.15) is 16.7 Å². The first-order valence-electron chi connectivity index (χ1n) is 6.16. The van der Waals surface area contributed by atoms with Crippen LogP contribution >= 0.6 is 23.2 Å². The van der Waals surface area contributed by atoms with E-state index in [1.807, 2.05) is 19.1 Å². The van der Waals surface area contributed by atoms with Crippen molar-refractivity contribution in [3.05, 3.63) is 63.1 Å². The van der Waals surface area contributed by atoms with E-state index in [-0.39, 0.29) is 5.84 Å². The van der Waals surface area contributed by atoms with E-state index in [0.717, 1.165) is 11.1 Å². The van der Waals surface area contributed by atoms with E-state index in [0.29, 0.717) is 28.0 Å². The Bertz CT molecular complexity index is 687. The van der Waals surface area contributed by atoms with Gasteiger partial charge in [0.1, 0.15) is 12.4 Å². The summed E-state index contributed by atoms with van der Waals surface area (Å²) in [6.45, 7) is 2.29. The zero-order valence-corrected chi connectivity index (χ0v) is 12.8. The molecular formula is C15H14Cl2N2O2. The third-order valence-electron chi connectivity index (χ3n) is 3.02. The number of hydrogen-bond acceptors (Lipinski definition) is 3. The molecule has 6 heteroatoms. The van der Waals surface area contributed by atoms with Gasteiger partial charge in [0.15, 0.2) is 5.84 Å². The zero-order valence-electron chi connectivity index (χ0n) is 11.3. The van der Waals surface area contributed by atoms with E-state index >= 15 is 0 Å². The van der Waals surface area contributed by atoms with E-state index < -0.39 is 0 Å². The third kappa shape index (κ3) is 3.80. The van der Waals surface area contributed by atoms with E-state index in [4.69, 9.17) is 38.9 Å². The predicted octanol–water partition coefficient (Wildman–Crippen LogP) is 3.98. The second-order valence-electron chi connectivity index (χ2n) is 4.49. The highest BCUT2D eigenvalue weighted by Gasteiger charge is 2.06. The maximum atomic E-state index is 8.67. The van der Waals surface area contributed by atoms with Crippen molar-refractivity contribution in [1.82, 2.24) is 0 Å². The fraction of sp³-hybridized carbons (Fsp3) is 0.133. The number of rotatable bonds is 4. The Morgan fingerprint density at radius 1 is 1.24 bits per heavy atom. The molecule has 0 aliphatic rings. The third-order valence-corrected chi connectivity index (χ3v) is 3.55. The van der Waals surface area contributed by atoms with Crippen LogP contribution in [0.3, 0.4) is 0 Å². The second-order valence-corrected chi connectivity index (χ2v) is 5.33. The minimum absolute atomic E-state index is 0.0753. The Hall–Kier alpha value is -1.91. The van der Waals surface area contributed by atoms with Crippen LogP contribution in [0, 0.1) is 6.92 Å². The van der Waals surface area contributed by atoms with Gasteiger partial charge >= 0.3 is 0 Å². The van der Waals surface area contributed by atoms with Gasteiger partial charge in [-0.25, -0.2) is 0 Å². The molecular weight excluding hydrogens is 311 g/mol. The van der Waals surface area contributed by atoms with Gasteiger partial charge in [-0.3, -0.25) is 0 Å². The van der Waals surface area contributed by atoms with Gasteiger partial charge in [-0.1, -0.05) is 40.5 Å². The summed E-state index contributed by atoms with van der Waals surface area (Å²) in [6.07, 6.45) is 0. The van der Waals surface area contributed by atoms with Crippen molar-refractivity contribution in [3.63, 3.8) is 0 Å². The summed E-state index contributed by atoms with van der Waals surface area (Å²) in [4.78, 5) is 0. The Labute approximate surface area is 132 Å². The fourth-order valence-electron chi connectivity index (χ4n) is 1.82. The van der Waals surface area contributed by atoms with Gasteiger partial charge in [0, 0.05) is 10.6 Å². The largest absolute Gasteiger partial charge is 0.487 e. The number of aryl methyl sites for hydroxylation is 1. The molecule has 0 saturated heterocycles. The van der Waals surface area contributed by atoms with Crippen LogP contribution in [0.4, 0.5) is 0 Å². The smallest absolute Gasteiger partial charge is 0.170 e. The summed E-state index contributed by atoms with van der Waals surface area (Å²) in [6, 6.07) is 10.5. The molecule has 4 nitrogen and oxygen atoms in total. The van der Waals surface area contributed by atoms with Crippen molar-refractivity contribution < 1.29 is 9.94 Å². The van der Waals surface area contributed by atoms with Gasteiger partial charge in [-0.05, 0) is 42.3 Å². The molecule has 21 heavy (non-hydrogen) atoms. The Morgan fingerprint density at radius 3 is 2.62 bits per heavy atom. The Kier molecular flexibility index (Phi) is 4.94. The molecule has 0 aliphatic carbocycles. The van der Waals surface area contributed by atoms with Crippen molar-refractivity contribution in [2.75, 3.05) is 0 Å². The summed E-state index contributed by atoms with van der Waals surface area (Å²) < 4.78 is 5.68. The SMILES string of the molecule is Cc1cc(/C(N)=N/O)ccc1COc1ccc(Cl)cc1Cl. The number of hydrogen-bond donors (Lipinski definition) is 2. The minimum Gasteiger partial charge on any atom is -0.487 e. The lowest BCUT2D eigenvalue weighted by Crippen LogP contribution is -2.13. The average molecular weight is 325 g/mol. The topological polar surface area (TPSA) is 67.8 Å². The number of benzene rings is 2. The number of amidine groups is 1. The standard InChI is InChI=1S/C15H14Cl2N2O2/c1-9-6-10(15(18)19-20)2-3-11(9)8-21-14-5-4-12(16)7-13(14)17/h2-7,20H,8H2,1H3,(H2,18,19). The molecule has 0 spiro atoms. The second kappa shape index (κ2) is 6.70. The van der Waals surface area contributed by atoms with Gasteiger partial charge in [-0.2, -0.15) is 0 Å². The first kappa shape index (κ1) is 15.5. The lowest BCUT2D eigenvalue weighted by molar-refractivity contribution is 0.305. The molecule has 3 N–H and O–H groups in total. The van der Waals surface area contributed by atoms with Crippen LogP contribution < -0.4 is 10.5 Å². The van der Waals surface area contributed by atoms with E-state index in [2.05, 4.69) is 5.16 Å². The highest BCUT2D eigenvalue weighted by Crippen LogP contribution is 2.28. The lowest BCUT2D eigenvalue weighted by atomic mass is 10.1. The van der Waals surface area contributed by atoms with Crippen LogP contribution in [-0.4, -0.2) is 11.0 Å². The quantitative estimate of drug-likeness (QED) is 0.387. The van der Waals surface area contributed by atoms with Gasteiger partial charge < -0.3 is 15.7 Å². The van der Waals surface area contributed by atoms with Crippen molar-refractivity contribution in [2.24, 2.45) is 10.9 Å². The molecule has 0 aliphatic heterocycles. The van der Waals surface area contributed by atoms with Crippen molar-refractivity contribution in [2.45, 2.75) is 13.5 Å². The zero-order chi connectivity index (χ0) is 15.4. The fourth-order valence-corrected chi connectivity index (χ4v) is 2.29. The molecule has 0 bridgehead atoms. The van der Waals surface area contributed by atoms with Gasteiger partial charge in [-0.15, -0.1) is 0 Å². The van der Waals surface area contributed by atoms with Gasteiger partial charge in [0.25, 0.3) is 0 Å². The van der Waals surface area contributed by atoms with Gasteiger partial charge in [0.05, 0.1) is 5.02 Å². The maximum absolute atomic E-state index is 8.67. The summed E-state index contributed by atoms with van der Waals surface area (Å²) in [5, 5.41) is 12.7. The molecule has 110 valence electrons. The molecule has 0 atom stereocenters. The normalized spacial score (nSPS) is 11.5. The molecule has 0 saturated carbocycles. The first-order valence-corrected chi connectivity index (χ1v) is 6.92. The highest BCUT2D eigenvalue weighted by atomic mass is 35.5. The molecule has 2 rings (SSSR count). The highest BCUT2D eigenvalue weighted by molar-refractivity contribution is 6.35. The van der Waals surface area contributed by atoms with Crippen molar-refractivity contribution in [1.29, 1.82) is 0 Å². The Balaban J connectivity index is 2.13. The Morgan fingerprint density at radius 2 is 2.00 bits per heavy atom. The summed E-state index contributed by atoms with van der Waals surface area (Å²) in [7, 11) is 0. The van der Waals surface area contributed by atoms with Crippen LogP contribution in [0.15, 0.2) is 41.6 Å². The first-order chi connectivity index (χ1) is 10.0. The minimum atomic E-state index is 0.0753. The number of halogens is 2. The molecule has 0 aromatic heterocycles. The summed E-state index contributed by atoms with van der Waals surface area (Å²) in [5.41, 5.74) is 8.16. The maximum Gasteiger partial charge on any atom is 0.170 e. The molecule has 2 aromatic carbocycles. The average Bonchev–Trinajstić information content (AvgIpc) is 2.46. The van der Waals surface area contributed by atoms with E-state index in [1.54, 1.807) is 24.3 Å². The summed E-state index contributed by atoms with van der Waals surface area (Å²) in [5.74, 6) is 0.646. The van der Waals surface area contributed by atoms with Crippen molar-refractivity contribution >= 4 is 29.0 Å². The molecule has 0 radical (unpaired) electrons. The monoisotopic (exact) mass is 324 g/mol. The van der Waals surface area contributed by atoms with E-state index in [9.17, 15) is 0 Å². The molecule has 0 fully saturated rings. The van der Waals surface area contributed by atoms with Crippen LogP contribution in [0.25, 0.3) is 0 Å². The van der Waals surface area contributed by atoms with Crippen LogP contribution in [0.5, 0.6) is 5.75 Å². The summed E-state index contributed by atoms with van der Waals surface area (Å²) >= 11 is 11.9. The molecule has 0 heterocycles. The van der Waals surface area contributed by atoms with Crippen molar-refractivity contribution in [3.8, 4) is 5.75 Å². The van der Waals surface area contributed by atoms with E-state index in [1.165, 1.54) is 0 Å². The molecule has 0 unspecified atom stereocenters. The van der Waals surface area contributed by atoms with Gasteiger partial charge in [0.2, 0.25) is 0 Å². The molecule has 2 aromatic rings. The molecule has 0 amide bonds. The number of ether oxygens (including phenoxy) is 1. The number of oxime groups is 1. The van der Waals surface area contributed by atoms with Crippen LogP contribution in [0.2, 0.25) is 10.0 Å². The number of nitrogens with two attached hydrogens (primary N) is 1. The lowest BCUT2D eigenvalue weighted by Gasteiger charge is -2.11. The number of nitrogens with zero attached hydrogens (tertiary/aromatic N) is 1. The predicted molar refractivity (Wildman–Crippen MR) is 84.5 cm³/mol. The van der Waals surface area contributed by atoms with Crippen LogP contribution in [-0.2, 0) is 6.61 Å².